The fraction of sp³-hybridized carbons (Fsp3) is 0.160. The first-order valence-electron chi connectivity index (χ1n) is 10.4. The second-order valence-corrected chi connectivity index (χ2v) is 7.95. The minimum Gasteiger partial charge on any atom is -0.454 e. The predicted octanol–water partition coefficient (Wildman–Crippen LogP) is 4.96. The Balaban J connectivity index is 1.52. The molecular weight excluding hydrogens is 414 g/mol. The number of ether oxygens (including phenoxy) is 2. The molecule has 4 aromatic rings. The summed E-state index contributed by atoms with van der Waals surface area (Å²) in [6, 6.07) is 15.9. The van der Waals surface area contributed by atoms with Gasteiger partial charge in [0.2, 0.25) is 6.79 Å². The van der Waals surface area contributed by atoms with Gasteiger partial charge in [-0.1, -0.05) is 24.3 Å². The Morgan fingerprint density at radius 1 is 1.00 bits per heavy atom. The number of H-pyrrole nitrogens is 1. The van der Waals surface area contributed by atoms with Gasteiger partial charge in [-0.3, -0.25) is 4.79 Å². The summed E-state index contributed by atoms with van der Waals surface area (Å²) in [6.07, 6.45) is 0.600. The van der Waals surface area contributed by atoms with Crippen molar-refractivity contribution in [3.63, 3.8) is 0 Å². The average molecular weight is 432 g/mol. The van der Waals surface area contributed by atoms with E-state index in [1.807, 2.05) is 36.4 Å². The van der Waals surface area contributed by atoms with Gasteiger partial charge in [0.15, 0.2) is 11.5 Å². The van der Waals surface area contributed by atoms with Gasteiger partial charge in [-0.2, -0.15) is 0 Å². The van der Waals surface area contributed by atoms with Crippen LogP contribution in [0.3, 0.4) is 0 Å². The number of amides is 1. The van der Waals surface area contributed by atoms with E-state index in [1.165, 1.54) is 0 Å². The van der Waals surface area contributed by atoms with Gasteiger partial charge in [0, 0.05) is 23.1 Å². The van der Waals surface area contributed by atoms with E-state index in [4.69, 9.17) is 9.47 Å². The number of nitrogens with one attached hydrogen (secondary N) is 1. The van der Waals surface area contributed by atoms with E-state index in [0.29, 0.717) is 24.5 Å². The minimum absolute atomic E-state index is 0.137. The molecule has 1 atom stereocenters. The lowest BCUT2D eigenvalue weighted by Crippen LogP contribution is -2.41. The molecule has 7 heteroatoms. The Morgan fingerprint density at radius 2 is 1.84 bits per heavy atom. The van der Waals surface area contributed by atoms with Gasteiger partial charge < -0.3 is 19.4 Å². The molecule has 0 aliphatic carbocycles. The fourth-order valence-corrected chi connectivity index (χ4v) is 4.71. The molecule has 6 rings (SSSR count). The van der Waals surface area contributed by atoms with Crippen LogP contribution < -0.4 is 9.47 Å². The molecule has 2 aliphatic heterocycles. The van der Waals surface area contributed by atoms with Crippen LogP contribution in [0.5, 0.6) is 11.5 Å². The highest BCUT2D eigenvalue weighted by Crippen LogP contribution is 2.42. The lowest BCUT2D eigenvalue weighted by molar-refractivity contribution is 0.0686. The zero-order valence-electron chi connectivity index (χ0n) is 16.9. The van der Waals surface area contributed by atoms with E-state index >= 15 is 0 Å². The second-order valence-electron chi connectivity index (χ2n) is 7.95. The Morgan fingerprint density at radius 3 is 2.75 bits per heavy atom. The van der Waals surface area contributed by atoms with Crippen LogP contribution in [0.1, 0.15) is 33.2 Å². The monoisotopic (exact) mass is 432 g/mol. The summed E-state index contributed by atoms with van der Waals surface area (Å²) in [5, 5.41) is 1.09. The summed E-state index contributed by atoms with van der Waals surface area (Å²) in [5.41, 5.74) is 3.46. The van der Waals surface area contributed by atoms with Gasteiger partial charge >= 0.3 is 0 Å². The van der Waals surface area contributed by atoms with Crippen molar-refractivity contribution < 1.29 is 23.0 Å². The fourth-order valence-electron chi connectivity index (χ4n) is 4.71. The van der Waals surface area contributed by atoms with Crippen LogP contribution in [0.2, 0.25) is 0 Å². The molecule has 3 heterocycles. The Labute approximate surface area is 182 Å². The molecule has 3 aromatic carbocycles. The molecule has 2 aliphatic rings. The van der Waals surface area contributed by atoms with Crippen molar-refractivity contribution >= 4 is 16.8 Å². The first-order chi connectivity index (χ1) is 15.6. The van der Waals surface area contributed by atoms with Crippen LogP contribution in [0, 0.1) is 11.6 Å². The highest BCUT2D eigenvalue weighted by molar-refractivity contribution is 5.96. The number of hydrogen-bond acceptors (Lipinski definition) is 3. The molecule has 1 N–H and O–H groups in total. The first-order valence-corrected chi connectivity index (χ1v) is 10.4. The van der Waals surface area contributed by atoms with Crippen molar-refractivity contribution in [3.8, 4) is 11.5 Å². The summed E-state index contributed by atoms with van der Waals surface area (Å²) >= 11 is 0. The maximum atomic E-state index is 14.5. The SMILES string of the molecule is O=C(c1cc(F)ccc1F)N1CCc2c([nH]c3ccccc23)C1c1ccc2c(c1)OCO2. The first kappa shape index (κ1) is 18.9. The highest BCUT2D eigenvalue weighted by Gasteiger charge is 2.36. The van der Waals surface area contributed by atoms with Gasteiger partial charge in [-0.05, 0) is 53.9 Å². The molecule has 1 unspecified atom stereocenters. The van der Waals surface area contributed by atoms with Gasteiger partial charge in [-0.25, -0.2) is 8.78 Å². The van der Waals surface area contributed by atoms with Crippen LogP contribution in [-0.2, 0) is 6.42 Å². The third-order valence-corrected chi connectivity index (χ3v) is 6.17. The predicted molar refractivity (Wildman–Crippen MR) is 114 cm³/mol. The molecule has 1 aromatic heterocycles. The molecule has 160 valence electrons. The Hall–Kier alpha value is -3.87. The number of hydrogen-bond donors (Lipinski definition) is 1. The van der Waals surface area contributed by atoms with E-state index < -0.39 is 23.6 Å². The summed E-state index contributed by atoms with van der Waals surface area (Å²) in [6.45, 7) is 0.501. The summed E-state index contributed by atoms with van der Waals surface area (Å²) in [5.74, 6) is -0.736. The van der Waals surface area contributed by atoms with Crippen LogP contribution in [0.15, 0.2) is 60.7 Å². The third-order valence-electron chi connectivity index (χ3n) is 6.17. The molecule has 5 nitrogen and oxygen atoms in total. The smallest absolute Gasteiger partial charge is 0.257 e. The summed E-state index contributed by atoms with van der Waals surface area (Å²) < 4.78 is 39.3. The number of aromatic nitrogens is 1. The number of fused-ring (bicyclic) bond motifs is 4. The number of halogens is 2. The van der Waals surface area contributed by atoms with Crippen molar-refractivity contribution in [2.75, 3.05) is 13.3 Å². The highest BCUT2D eigenvalue weighted by atomic mass is 19.1. The number of para-hydroxylation sites is 1. The van der Waals surface area contributed by atoms with Crippen LogP contribution >= 0.6 is 0 Å². The third kappa shape index (κ3) is 2.85. The van der Waals surface area contributed by atoms with Crippen molar-refractivity contribution in [2.45, 2.75) is 12.5 Å². The molecule has 0 fully saturated rings. The van der Waals surface area contributed by atoms with E-state index in [1.54, 1.807) is 11.0 Å². The number of rotatable bonds is 2. The maximum Gasteiger partial charge on any atom is 0.257 e. The average Bonchev–Trinajstić information content (AvgIpc) is 3.43. The Bertz CT molecular complexity index is 1380. The molecule has 0 spiro atoms. The van der Waals surface area contributed by atoms with Crippen LogP contribution in [0.4, 0.5) is 8.78 Å². The van der Waals surface area contributed by atoms with E-state index in [2.05, 4.69) is 4.98 Å². The topological polar surface area (TPSA) is 54.6 Å². The molecule has 0 bridgehead atoms. The largest absolute Gasteiger partial charge is 0.454 e. The molecule has 0 saturated heterocycles. The molecule has 32 heavy (non-hydrogen) atoms. The normalized spacial score (nSPS) is 16.9. The number of carbonyl (C=O) groups excluding carboxylic acids is 1. The number of nitrogens with zero attached hydrogens (tertiary/aromatic N) is 1. The van der Waals surface area contributed by atoms with Gasteiger partial charge in [-0.15, -0.1) is 0 Å². The molecular formula is C25H18F2N2O3. The van der Waals surface area contributed by atoms with Crippen LogP contribution in [0.25, 0.3) is 10.9 Å². The van der Waals surface area contributed by atoms with Crippen LogP contribution in [-0.4, -0.2) is 29.1 Å². The van der Waals surface area contributed by atoms with Crippen molar-refractivity contribution in [3.05, 3.63) is 94.7 Å². The van der Waals surface area contributed by atoms with E-state index in [0.717, 1.165) is 45.9 Å². The number of carbonyl (C=O) groups is 1. The molecule has 0 saturated carbocycles. The maximum absolute atomic E-state index is 14.5. The molecule has 0 radical (unpaired) electrons. The van der Waals surface area contributed by atoms with E-state index in [9.17, 15) is 13.6 Å². The summed E-state index contributed by atoms with van der Waals surface area (Å²) in [7, 11) is 0. The minimum atomic E-state index is -0.747. The van der Waals surface area contributed by atoms with Gasteiger partial charge in [0.25, 0.3) is 5.91 Å². The standard InChI is InChI=1S/C25H18F2N2O3/c26-15-6-7-19(27)18(12-15)25(30)29-10-9-17-16-3-1-2-4-20(16)28-23(17)24(29)14-5-8-21-22(11-14)32-13-31-21/h1-8,11-12,24,28H,9-10,13H2. The lowest BCUT2D eigenvalue weighted by atomic mass is 9.91. The Kier molecular flexibility index (Phi) is 4.18. The van der Waals surface area contributed by atoms with Gasteiger partial charge in [0.1, 0.15) is 11.6 Å². The zero-order valence-corrected chi connectivity index (χ0v) is 16.9. The lowest BCUT2D eigenvalue weighted by Gasteiger charge is -2.36. The number of aromatic amines is 1. The number of benzene rings is 3. The van der Waals surface area contributed by atoms with Crippen molar-refractivity contribution in [1.82, 2.24) is 9.88 Å². The quantitative estimate of drug-likeness (QED) is 0.487. The zero-order chi connectivity index (χ0) is 21.8. The molecule has 1 amide bonds. The second kappa shape index (κ2) is 7.09. The van der Waals surface area contributed by atoms with E-state index in [-0.39, 0.29) is 12.4 Å². The van der Waals surface area contributed by atoms with Gasteiger partial charge in [0.05, 0.1) is 11.6 Å². The van der Waals surface area contributed by atoms with Crippen molar-refractivity contribution in [2.24, 2.45) is 0 Å². The summed E-state index contributed by atoms with van der Waals surface area (Å²) in [4.78, 5) is 18.5. The van der Waals surface area contributed by atoms with Crippen molar-refractivity contribution in [1.29, 1.82) is 0 Å².